The summed E-state index contributed by atoms with van der Waals surface area (Å²) in [6.07, 6.45) is 3.44. The van der Waals surface area contributed by atoms with Gasteiger partial charge in [-0.25, -0.2) is 4.79 Å². The molecule has 0 unspecified atom stereocenters. The normalized spacial score (nSPS) is 15.4. The molecule has 0 saturated carbocycles. The number of hydrogen-bond donors (Lipinski definition) is 0. The van der Waals surface area contributed by atoms with E-state index in [-0.39, 0.29) is 6.09 Å². The van der Waals surface area contributed by atoms with Gasteiger partial charge >= 0.3 is 6.09 Å². The number of nitrogens with zero attached hydrogens (tertiary/aromatic N) is 2. The SMILES string of the molecule is CC(C)(C)OC(=O)N1CCC(COc2ccc(-c3ccc(Br)cn3)cc2)CC1. The number of piperidine rings is 1. The fourth-order valence-corrected chi connectivity index (χ4v) is 3.33. The van der Waals surface area contributed by atoms with Gasteiger partial charge in [0.2, 0.25) is 0 Å². The van der Waals surface area contributed by atoms with Gasteiger partial charge in [0.1, 0.15) is 11.4 Å². The van der Waals surface area contributed by atoms with Crippen molar-refractivity contribution in [2.45, 2.75) is 39.2 Å². The lowest BCUT2D eigenvalue weighted by atomic mass is 9.98. The van der Waals surface area contributed by atoms with Crippen LogP contribution in [-0.4, -0.2) is 41.3 Å². The number of hydrogen-bond acceptors (Lipinski definition) is 4. The maximum Gasteiger partial charge on any atom is 0.410 e. The molecule has 1 amide bonds. The quantitative estimate of drug-likeness (QED) is 0.618. The zero-order valence-corrected chi connectivity index (χ0v) is 18.2. The number of halogens is 1. The third kappa shape index (κ3) is 5.96. The average molecular weight is 447 g/mol. The summed E-state index contributed by atoms with van der Waals surface area (Å²) in [5, 5.41) is 0. The van der Waals surface area contributed by atoms with E-state index >= 15 is 0 Å². The van der Waals surface area contributed by atoms with Crippen LogP contribution in [0.25, 0.3) is 11.3 Å². The molecule has 150 valence electrons. The highest BCUT2D eigenvalue weighted by Gasteiger charge is 2.27. The van der Waals surface area contributed by atoms with Crippen LogP contribution in [0.3, 0.4) is 0 Å². The molecule has 2 heterocycles. The van der Waals surface area contributed by atoms with Gasteiger partial charge in [0.05, 0.1) is 12.3 Å². The van der Waals surface area contributed by atoms with Gasteiger partial charge in [-0.05, 0) is 91.9 Å². The van der Waals surface area contributed by atoms with Crippen molar-refractivity contribution in [2.24, 2.45) is 5.92 Å². The van der Waals surface area contributed by atoms with Crippen LogP contribution in [0.15, 0.2) is 47.1 Å². The number of benzene rings is 1. The van der Waals surface area contributed by atoms with Gasteiger partial charge in [-0.2, -0.15) is 0 Å². The second-order valence-electron chi connectivity index (χ2n) is 8.11. The lowest BCUT2D eigenvalue weighted by molar-refractivity contribution is 0.0165. The molecule has 2 aromatic rings. The molecule has 0 N–H and O–H groups in total. The molecule has 1 aliphatic heterocycles. The second-order valence-corrected chi connectivity index (χ2v) is 9.02. The number of carbonyl (C=O) groups excluding carboxylic acids is 1. The van der Waals surface area contributed by atoms with Gasteiger partial charge in [-0.1, -0.05) is 0 Å². The Kier molecular flexibility index (Phi) is 6.60. The van der Waals surface area contributed by atoms with Crippen LogP contribution < -0.4 is 4.74 Å². The van der Waals surface area contributed by atoms with Crippen molar-refractivity contribution >= 4 is 22.0 Å². The lowest BCUT2D eigenvalue weighted by Crippen LogP contribution is -2.42. The van der Waals surface area contributed by atoms with Crippen molar-refractivity contribution in [3.63, 3.8) is 0 Å². The van der Waals surface area contributed by atoms with E-state index < -0.39 is 5.60 Å². The van der Waals surface area contributed by atoms with Gasteiger partial charge in [0, 0.05) is 29.3 Å². The molecular formula is C22H27BrN2O3. The molecule has 0 bridgehead atoms. The van der Waals surface area contributed by atoms with E-state index in [0.717, 1.165) is 47.4 Å². The van der Waals surface area contributed by atoms with E-state index in [0.29, 0.717) is 12.5 Å². The molecule has 0 aliphatic carbocycles. The fourth-order valence-electron chi connectivity index (χ4n) is 3.09. The minimum atomic E-state index is -0.449. The summed E-state index contributed by atoms with van der Waals surface area (Å²) < 4.78 is 12.4. The number of likely N-dealkylation sites (tertiary alicyclic amines) is 1. The number of pyridine rings is 1. The highest BCUT2D eigenvalue weighted by molar-refractivity contribution is 9.10. The highest BCUT2D eigenvalue weighted by Crippen LogP contribution is 2.24. The summed E-state index contributed by atoms with van der Waals surface area (Å²) in [6.45, 7) is 7.78. The largest absolute Gasteiger partial charge is 0.493 e. The third-order valence-electron chi connectivity index (χ3n) is 4.63. The minimum absolute atomic E-state index is 0.219. The predicted octanol–water partition coefficient (Wildman–Crippen LogP) is 5.54. The highest BCUT2D eigenvalue weighted by atomic mass is 79.9. The molecular weight excluding hydrogens is 420 g/mol. The van der Waals surface area contributed by atoms with Crippen LogP contribution in [0.5, 0.6) is 5.75 Å². The maximum absolute atomic E-state index is 12.1. The van der Waals surface area contributed by atoms with Gasteiger partial charge in [0.25, 0.3) is 0 Å². The van der Waals surface area contributed by atoms with Crippen molar-refractivity contribution < 1.29 is 14.3 Å². The molecule has 6 heteroatoms. The molecule has 0 radical (unpaired) electrons. The Hall–Kier alpha value is -2.08. The van der Waals surface area contributed by atoms with Crippen LogP contribution >= 0.6 is 15.9 Å². The first-order chi connectivity index (χ1) is 13.3. The van der Waals surface area contributed by atoms with Crippen LogP contribution in [0, 0.1) is 5.92 Å². The molecule has 1 aromatic heterocycles. The fraction of sp³-hybridized carbons (Fsp3) is 0.455. The smallest absolute Gasteiger partial charge is 0.410 e. The summed E-state index contributed by atoms with van der Waals surface area (Å²) in [7, 11) is 0. The number of rotatable bonds is 4. The van der Waals surface area contributed by atoms with Crippen molar-refractivity contribution in [3.05, 3.63) is 47.1 Å². The number of aromatic nitrogens is 1. The molecule has 1 saturated heterocycles. The molecule has 3 rings (SSSR count). The monoisotopic (exact) mass is 446 g/mol. The topological polar surface area (TPSA) is 51.7 Å². The van der Waals surface area contributed by atoms with Crippen molar-refractivity contribution in [3.8, 4) is 17.0 Å². The zero-order valence-electron chi connectivity index (χ0n) is 16.7. The Morgan fingerprint density at radius 1 is 1.14 bits per heavy atom. The molecule has 0 atom stereocenters. The van der Waals surface area contributed by atoms with E-state index in [1.165, 1.54) is 0 Å². The second kappa shape index (κ2) is 8.95. The molecule has 5 nitrogen and oxygen atoms in total. The van der Waals surface area contributed by atoms with E-state index in [1.807, 2.05) is 57.2 Å². The van der Waals surface area contributed by atoms with E-state index in [9.17, 15) is 4.79 Å². The Morgan fingerprint density at radius 3 is 2.39 bits per heavy atom. The van der Waals surface area contributed by atoms with Crippen molar-refractivity contribution in [2.75, 3.05) is 19.7 Å². The molecule has 28 heavy (non-hydrogen) atoms. The van der Waals surface area contributed by atoms with Gasteiger partial charge < -0.3 is 14.4 Å². The van der Waals surface area contributed by atoms with E-state index in [1.54, 1.807) is 11.1 Å². The molecule has 1 fully saturated rings. The summed E-state index contributed by atoms with van der Waals surface area (Å²) in [5.41, 5.74) is 1.55. The summed E-state index contributed by atoms with van der Waals surface area (Å²) in [5.74, 6) is 1.31. The molecule has 0 spiro atoms. The maximum atomic E-state index is 12.1. The number of carbonyl (C=O) groups is 1. The van der Waals surface area contributed by atoms with Crippen LogP contribution in [0.4, 0.5) is 4.79 Å². The van der Waals surface area contributed by atoms with E-state index in [4.69, 9.17) is 9.47 Å². The number of amides is 1. The van der Waals surface area contributed by atoms with E-state index in [2.05, 4.69) is 20.9 Å². The Bertz CT molecular complexity index is 777. The average Bonchev–Trinajstić information content (AvgIpc) is 2.66. The Morgan fingerprint density at radius 2 is 1.82 bits per heavy atom. The van der Waals surface area contributed by atoms with Crippen LogP contribution in [0.1, 0.15) is 33.6 Å². The first kappa shape index (κ1) is 20.6. The summed E-state index contributed by atoms with van der Waals surface area (Å²) in [6, 6.07) is 12.0. The van der Waals surface area contributed by atoms with Crippen molar-refractivity contribution in [1.29, 1.82) is 0 Å². The summed E-state index contributed by atoms with van der Waals surface area (Å²) >= 11 is 3.40. The number of ether oxygens (including phenoxy) is 2. The third-order valence-corrected chi connectivity index (χ3v) is 5.10. The van der Waals surface area contributed by atoms with Crippen LogP contribution in [0.2, 0.25) is 0 Å². The predicted molar refractivity (Wildman–Crippen MR) is 113 cm³/mol. The standard InChI is InChI=1S/C22H27BrN2O3/c1-22(2,3)28-21(26)25-12-10-16(11-13-25)15-27-19-7-4-17(5-8-19)20-9-6-18(23)14-24-20/h4-9,14,16H,10-13,15H2,1-3H3. The first-order valence-electron chi connectivity index (χ1n) is 9.63. The van der Waals surface area contributed by atoms with Gasteiger partial charge in [-0.3, -0.25) is 4.98 Å². The van der Waals surface area contributed by atoms with Gasteiger partial charge in [-0.15, -0.1) is 0 Å². The Labute approximate surface area is 175 Å². The van der Waals surface area contributed by atoms with Crippen molar-refractivity contribution in [1.82, 2.24) is 9.88 Å². The molecule has 1 aromatic carbocycles. The summed E-state index contributed by atoms with van der Waals surface area (Å²) in [4.78, 5) is 18.3. The first-order valence-corrected chi connectivity index (χ1v) is 10.4. The minimum Gasteiger partial charge on any atom is -0.493 e. The van der Waals surface area contributed by atoms with Crippen LogP contribution in [-0.2, 0) is 4.74 Å². The Balaban J connectivity index is 1.45. The molecule has 1 aliphatic rings. The zero-order chi connectivity index (χ0) is 20.1. The lowest BCUT2D eigenvalue weighted by Gasteiger charge is -2.33. The van der Waals surface area contributed by atoms with Gasteiger partial charge in [0.15, 0.2) is 0 Å².